The maximum absolute atomic E-state index is 2.35. The number of rotatable bonds is 42. The van der Waals surface area contributed by atoms with Gasteiger partial charge in [0.1, 0.15) is 0 Å². The molecule has 0 aliphatic heterocycles. The predicted molar refractivity (Wildman–Crippen MR) is 218 cm³/mol. The molecule has 0 radical (unpaired) electrons. The fourth-order valence-electron chi connectivity index (χ4n) is 7.15. The molecule has 0 nitrogen and oxygen atoms in total. The van der Waals surface area contributed by atoms with Gasteiger partial charge in [-0.3, -0.25) is 0 Å². The number of hydrogen-bond acceptors (Lipinski definition) is 1. The van der Waals surface area contributed by atoms with Crippen molar-refractivity contribution in [1.29, 1.82) is 0 Å². The second-order valence-electron chi connectivity index (χ2n) is 15.9. The molecular formula is C45H92S. The van der Waals surface area contributed by atoms with E-state index >= 15 is 0 Å². The Bertz CT molecular complexity index is 499. The van der Waals surface area contributed by atoms with E-state index in [9.17, 15) is 0 Å². The summed E-state index contributed by atoms with van der Waals surface area (Å²) in [5.74, 6) is 3.72. The van der Waals surface area contributed by atoms with E-state index in [-0.39, 0.29) is 0 Å². The second kappa shape index (κ2) is 43.4. The molecule has 0 N–H and O–H groups in total. The Morgan fingerprint density at radius 3 is 0.674 bits per heavy atom. The van der Waals surface area contributed by atoms with Gasteiger partial charge in [0.2, 0.25) is 0 Å². The Morgan fingerprint density at radius 2 is 0.457 bits per heavy atom. The molecule has 1 heteroatoms. The van der Waals surface area contributed by atoms with Crippen molar-refractivity contribution in [2.45, 2.75) is 271 Å². The van der Waals surface area contributed by atoms with Crippen molar-refractivity contribution < 1.29 is 0 Å². The first-order chi connectivity index (χ1) is 22.8. The van der Waals surface area contributed by atoms with Gasteiger partial charge in [-0.25, -0.2) is 0 Å². The molecule has 0 aromatic rings. The van der Waals surface area contributed by atoms with Crippen LogP contribution in [-0.2, 0) is 0 Å². The van der Waals surface area contributed by atoms with Gasteiger partial charge in [0.05, 0.1) is 0 Å². The molecule has 0 aliphatic carbocycles. The van der Waals surface area contributed by atoms with Crippen LogP contribution in [0.1, 0.15) is 271 Å². The molecule has 0 saturated heterocycles. The van der Waals surface area contributed by atoms with Crippen LogP contribution in [0.3, 0.4) is 0 Å². The molecule has 0 saturated carbocycles. The van der Waals surface area contributed by atoms with E-state index in [4.69, 9.17) is 0 Å². The standard InChI is InChI=1S/C45H92S/c1-4-5-6-7-8-9-10-11-12-13-14-15-16-17-18-19-20-21-22-23-25-28-31-34-37-40-43-46-44-41-38-35-32-29-26-24-27-30-33-36-39-42-45(2)3/h45H,4-44H2,1-3H3. The minimum absolute atomic E-state index is 0.895. The van der Waals surface area contributed by atoms with E-state index in [1.807, 2.05) is 0 Å². The predicted octanol–water partition coefficient (Wildman–Crippen LogP) is 17.6. The van der Waals surface area contributed by atoms with Gasteiger partial charge in [-0.05, 0) is 30.3 Å². The summed E-state index contributed by atoms with van der Waals surface area (Å²) in [6.07, 6.45) is 57.7. The average molecular weight is 665 g/mol. The topological polar surface area (TPSA) is 0 Å². The van der Waals surface area contributed by atoms with Gasteiger partial charge in [0.25, 0.3) is 0 Å². The third kappa shape index (κ3) is 44.4. The molecule has 0 heterocycles. The van der Waals surface area contributed by atoms with E-state index in [0.29, 0.717) is 0 Å². The Morgan fingerprint density at radius 1 is 0.261 bits per heavy atom. The first-order valence-corrected chi connectivity index (χ1v) is 23.5. The lowest BCUT2D eigenvalue weighted by Gasteiger charge is -2.05. The summed E-state index contributed by atoms with van der Waals surface area (Å²) in [6, 6.07) is 0. The summed E-state index contributed by atoms with van der Waals surface area (Å²) in [4.78, 5) is 0. The van der Waals surface area contributed by atoms with E-state index in [1.54, 1.807) is 0 Å². The lowest BCUT2D eigenvalue weighted by Crippen LogP contribution is -1.88. The summed E-state index contributed by atoms with van der Waals surface area (Å²) < 4.78 is 0. The van der Waals surface area contributed by atoms with Crippen molar-refractivity contribution >= 4 is 11.8 Å². The van der Waals surface area contributed by atoms with E-state index in [1.165, 1.54) is 262 Å². The van der Waals surface area contributed by atoms with Gasteiger partial charge < -0.3 is 0 Å². The normalized spacial score (nSPS) is 11.7. The zero-order valence-corrected chi connectivity index (χ0v) is 33.8. The third-order valence-electron chi connectivity index (χ3n) is 10.5. The van der Waals surface area contributed by atoms with Gasteiger partial charge in [0, 0.05) is 0 Å². The minimum Gasteiger partial charge on any atom is -0.162 e. The summed E-state index contributed by atoms with van der Waals surface area (Å²) in [7, 11) is 0. The van der Waals surface area contributed by atoms with Crippen LogP contribution in [0.4, 0.5) is 0 Å². The fraction of sp³-hybridized carbons (Fsp3) is 1.00. The van der Waals surface area contributed by atoms with Crippen molar-refractivity contribution in [2.24, 2.45) is 5.92 Å². The first-order valence-electron chi connectivity index (χ1n) is 22.3. The van der Waals surface area contributed by atoms with Crippen molar-refractivity contribution in [3.05, 3.63) is 0 Å². The smallest absolute Gasteiger partial charge is 0.00675 e. The zero-order valence-electron chi connectivity index (χ0n) is 33.0. The van der Waals surface area contributed by atoms with Crippen molar-refractivity contribution in [2.75, 3.05) is 11.5 Å². The van der Waals surface area contributed by atoms with Crippen LogP contribution >= 0.6 is 11.8 Å². The minimum atomic E-state index is 0.895. The monoisotopic (exact) mass is 665 g/mol. The molecule has 0 aromatic heterocycles. The molecule has 0 spiro atoms. The zero-order chi connectivity index (χ0) is 33.3. The van der Waals surface area contributed by atoms with Crippen molar-refractivity contribution in [1.82, 2.24) is 0 Å². The van der Waals surface area contributed by atoms with Crippen LogP contribution in [0.25, 0.3) is 0 Å². The lowest BCUT2D eigenvalue weighted by molar-refractivity contribution is 0.504. The number of unbranched alkanes of at least 4 members (excludes halogenated alkanes) is 36. The molecule has 0 rings (SSSR count). The largest absolute Gasteiger partial charge is 0.162 e. The number of thioether (sulfide) groups is 1. The maximum Gasteiger partial charge on any atom is -0.00675 e. The first kappa shape index (κ1) is 46.4. The lowest BCUT2D eigenvalue weighted by atomic mass is 10.0. The van der Waals surface area contributed by atoms with Gasteiger partial charge in [0.15, 0.2) is 0 Å². The van der Waals surface area contributed by atoms with Crippen LogP contribution in [0.15, 0.2) is 0 Å². The maximum atomic E-state index is 2.35. The molecule has 0 atom stereocenters. The van der Waals surface area contributed by atoms with Crippen LogP contribution in [-0.4, -0.2) is 11.5 Å². The SMILES string of the molecule is CCCCCCCCCCCCCCCCCCCCCCCCCCCCSCCCCCCCCCCCCCCC(C)C. The molecular weight excluding hydrogens is 573 g/mol. The quantitative estimate of drug-likeness (QED) is 0.0585. The average Bonchev–Trinajstić information content (AvgIpc) is 3.05. The molecule has 0 bridgehead atoms. The Labute approximate surface area is 299 Å². The molecule has 0 aromatic carbocycles. The van der Waals surface area contributed by atoms with Gasteiger partial charge in [-0.15, -0.1) is 0 Å². The Hall–Kier alpha value is 0.350. The van der Waals surface area contributed by atoms with E-state index in [2.05, 4.69) is 32.5 Å². The van der Waals surface area contributed by atoms with Gasteiger partial charge in [-0.2, -0.15) is 11.8 Å². The van der Waals surface area contributed by atoms with Crippen LogP contribution in [0.5, 0.6) is 0 Å². The number of hydrogen-bond donors (Lipinski definition) is 0. The molecule has 0 aliphatic rings. The Kier molecular flexibility index (Phi) is 43.7. The highest BCUT2D eigenvalue weighted by Crippen LogP contribution is 2.18. The highest BCUT2D eigenvalue weighted by atomic mass is 32.2. The molecule has 0 unspecified atom stereocenters. The summed E-state index contributed by atoms with van der Waals surface area (Å²) in [5, 5.41) is 0. The highest BCUT2D eigenvalue weighted by Gasteiger charge is 1.99. The van der Waals surface area contributed by atoms with Gasteiger partial charge >= 0.3 is 0 Å². The van der Waals surface area contributed by atoms with Gasteiger partial charge in [-0.1, -0.05) is 258 Å². The summed E-state index contributed by atoms with van der Waals surface area (Å²) >= 11 is 2.23. The summed E-state index contributed by atoms with van der Waals surface area (Å²) in [5.41, 5.74) is 0. The Balaban J connectivity index is 3.04. The molecule has 0 fully saturated rings. The van der Waals surface area contributed by atoms with Crippen molar-refractivity contribution in [3.63, 3.8) is 0 Å². The fourth-order valence-corrected chi connectivity index (χ4v) is 8.17. The second-order valence-corrected chi connectivity index (χ2v) is 17.1. The third-order valence-corrected chi connectivity index (χ3v) is 11.6. The highest BCUT2D eigenvalue weighted by molar-refractivity contribution is 7.99. The molecule has 278 valence electrons. The van der Waals surface area contributed by atoms with E-state index in [0.717, 1.165) is 5.92 Å². The molecule has 46 heavy (non-hydrogen) atoms. The van der Waals surface area contributed by atoms with Crippen LogP contribution in [0.2, 0.25) is 0 Å². The molecule has 0 amide bonds. The van der Waals surface area contributed by atoms with E-state index < -0.39 is 0 Å². The van der Waals surface area contributed by atoms with Crippen LogP contribution in [0, 0.1) is 5.92 Å². The summed E-state index contributed by atoms with van der Waals surface area (Å²) in [6.45, 7) is 7.01. The van der Waals surface area contributed by atoms with Crippen molar-refractivity contribution in [3.8, 4) is 0 Å². The van der Waals surface area contributed by atoms with Crippen LogP contribution < -0.4 is 0 Å².